The lowest BCUT2D eigenvalue weighted by atomic mass is 10.00. The van der Waals surface area contributed by atoms with E-state index in [9.17, 15) is 20.2 Å². The van der Waals surface area contributed by atoms with E-state index in [4.69, 9.17) is 0 Å². The molecule has 0 amide bonds. The summed E-state index contributed by atoms with van der Waals surface area (Å²) in [4.78, 5) is 26.4. The van der Waals surface area contributed by atoms with Crippen LogP contribution in [0.4, 0.5) is 22.7 Å². The second-order valence-corrected chi connectivity index (χ2v) is 6.26. The van der Waals surface area contributed by atoms with Gasteiger partial charge in [0.2, 0.25) is 0 Å². The highest BCUT2D eigenvalue weighted by molar-refractivity contribution is 5.84. The summed E-state index contributed by atoms with van der Waals surface area (Å²) in [5, 5.41) is 23.4. The molecule has 8 nitrogen and oxygen atoms in total. The molecule has 0 unspecified atom stereocenters. The minimum Gasteiger partial charge on any atom is -0.372 e. The van der Waals surface area contributed by atoms with Crippen molar-refractivity contribution in [3.05, 3.63) is 56.6 Å². The van der Waals surface area contributed by atoms with Crippen LogP contribution in [0.1, 0.15) is 27.7 Å². The Morgan fingerprint density at radius 3 is 1.25 bits per heavy atom. The summed E-state index contributed by atoms with van der Waals surface area (Å²) in [5.41, 5.74) is 1.68. The van der Waals surface area contributed by atoms with Crippen molar-refractivity contribution >= 4 is 22.7 Å². The average Bonchev–Trinajstić information content (AvgIpc) is 2.69. The molecule has 0 aliphatic carbocycles. The van der Waals surface area contributed by atoms with E-state index >= 15 is 0 Å². The van der Waals surface area contributed by atoms with Gasteiger partial charge in [-0.3, -0.25) is 20.2 Å². The molecule has 0 bridgehead atoms. The molecule has 150 valence electrons. The van der Waals surface area contributed by atoms with E-state index in [1.165, 1.54) is 12.1 Å². The number of hydrogen-bond acceptors (Lipinski definition) is 6. The maximum absolute atomic E-state index is 11.7. The van der Waals surface area contributed by atoms with E-state index in [1.807, 2.05) is 37.5 Å². The highest BCUT2D eigenvalue weighted by Crippen LogP contribution is 2.39. The Hall–Kier alpha value is -3.16. The lowest BCUT2D eigenvalue weighted by Gasteiger charge is -2.22. The third-order valence-corrected chi connectivity index (χ3v) is 4.90. The number of rotatable bonds is 9. The Labute approximate surface area is 164 Å². The molecule has 2 aromatic rings. The molecule has 0 spiro atoms. The summed E-state index contributed by atoms with van der Waals surface area (Å²) in [6.45, 7) is 10.7. The molecule has 0 heterocycles. The molecule has 28 heavy (non-hydrogen) atoms. The third kappa shape index (κ3) is 4.21. The first kappa shape index (κ1) is 21.1. The zero-order chi connectivity index (χ0) is 20.8. The van der Waals surface area contributed by atoms with Crippen molar-refractivity contribution < 1.29 is 9.85 Å². The van der Waals surface area contributed by atoms with E-state index in [2.05, 4.69) is 0 Å². The average molecular weight is 386 g/mol. The number of nitro benzene ring substituents is 2. The van der Waals surface area contributed by atoms with E-state index in [1.54, 1.807) is 24.3 Å². The van der Waals surface area contributed by atoms with Crippen molar-refractivity contribution in [1.29, 1.82) is 0 Å². The Morgan fingerprint density at radius 2 is 1.00 bits per heavy atom. The highest BCUT2D eigenvalue weighted by Gasteiger charge is 2.25. The SMILES string of the molecule is CCN(CC)c1ccc(-c2ccc(N(CC)CC)cc2[N+](=O)[O-])c([N+](=O)[O-])c1. The molecule has 0 fully saturated rings. The lowest BCUT2D eigenvalue weighted by Crippen LogP contribution is -2.22. The van der Waals surface area contributed by atoms with Crippen LogP contribution in [0.15, 0.2) is 36.4 Å². The van der Waals surface area contributed by atoms with Crippen molar-refractivity contribution in [3.8, 4) is 11.1 Å². The van der Waals surface area contributed by atoms with Gasteiger partial charge in [0.15, 0.2) is 0 Å². The second kappa shape index (κ2) is 9.16. The van der Waals surface area contributed by atoms with Crippen LogP contribution < -0.4 is 9.80 Å². The van der Waals surface area contributed by atoms with Crippen LogP contribution in [-0.2, 0) is 0 Å². The fraction of sp³-hybridized carbons (Fsp3) is 0.400. The Morgan fingerprint density at radius 1 is 0.679 bits per heavy atom. The maximum Gasteiger partial charge on any atom is 0.279 e. The van der Waals surface area contributed by atoms with E-state index in [0.717, 1.165) is 11.4 Å². The molecule has 0 atom stereocenters. The van der Waals surface area contributed by atoms with Crippen LogP contribution in [0.3, 0.4) is 0 Å². The lowest BCUT2D eigenvalue weighted by molar-refractivity contribution is -0.386. The van der Waals surface area contributed by atoms with E-state index < -0.39 is 9.85 Å². The number of benzene rings is 2. The molecule has 2 rings (SSSR count). The molecule has 0 radical (unpaired) electrons. The Balaban J connectivity index is 2.66. The van der Waals surface area contributed by atoms with Crippen LogP contribution in [0.5, 0.6) is 0 Å². The summed E-state index contributed by atoms with van der Waals surface area (Å²) in [5.74, 6) is 0. The fourth-order valence-corrected chi connectivity index (χ4v) is 3.37. The van der Waals surface area contributed by atoms with Gasteiger partial charge in [0.1, 0.15) is 0 Å². The van der Waals surface area contributed by atoms with Crippen molar-refractivity contribution in [3.63, 3.8) is 0 Å². The minimum atomic E-state index is -0.482. The predicted molar refractivity (Wildman–Crippen MR) is 112 cm³/mol. The van der Waals surface area contributed by atoms with Crippen LogP contribution in [0.2, 0.25) is 0 Å². The van der Waals surface area contributed by atoms with Gasteiger partial charge in [-0.1, -0.05) is 0 Å². The van der Waals surface area contributed by atoms with E-state index in [-0.39, 0.29) is 22.5 Å². The van der Waals surface area contributed by atoms with Crippen LogP contribution >= 0.6 is 0 Å². The molecule has 0 N–H and O–H groups in total. The summed E-state index contributed by atoms with van der Waals surface area (Å²) in [7, 11) is 0. The molecule has 2 aromatic carbocycles. The highest BCUT2D eigenvalue weighted by atomic mass is 16.6. The summed E-state index contributed by atoms with van der Waals surface area (Å²) < 4.78 is 0. The minimum absolute atomic E-state index is 0.136. The zero-order valence-corrected chi connectivity index (χ0v) is 16.7. The first-order valence-electron chi connectivity index (χ1n) is 9.44. The first-order valence-corrected chi connectivity index (χ1v) is 9.44. The topological polar surface area (TPSA) is 92.8 Å². The van der Waals surface area contributed by atoms with Gasteiger partial charge in [-0.15, -0.1) is 0 Å². The molecular formula is C20H26N4O4. The van der Waals surface area contributed by atoms with Crippen LogP contribution in [-0.4, -0.2) is 36.0 Å². The van der Waals surface area contributed by atoms with Crippen molar-refractivity contribution in [1.82, 2.24) is 0 Å². The standard InChI is InChI=1S/C20H26N4O4/c1-5-21(6-2)15-9-11-17(19(13-15)23(25)26)18-12-10-16(22(7-3)8-4)14-20(18)24(27)28/h9-14H,5-8H2,1-4H3. The summed E-state index contributed by atoms with van der Waals surface area (Å²) in [6.07, 6.45) is 0. The maximum atomic E-state index is 11.7. The monoisotopic (exact) mass is 386 g/mol. The second-order valence-electron chi connectivity index (χ2n) is 6.26. The molecular weight excluding hydrogens is 360 g/mol. The normalized spacial score (nSPS) is 10.6. The zero-order valence-electron chi connectivity index (χ0n) is 16.7. The largest absolute Gasteiger partial charge is 0.372 e. The number of nitrogens with zero attached hydrogens (tertiary/aromatic N) is 4. The van der Waals surface area contributed by atoms with Crippen LogP contribution in [0.25, 0.3) is 11.1 Å². The van der Waals surface area contributed by atoms with Gasteiger partial charge in [0.05, 0.1) is 21.0 Å². The third-order valence-electron chi connectivity index (χ3n) is 4.90. The molecule has 8 heteroatoms. The van der Waals surface area contributed by atoms with Gasteiger partial charge in [-0.2, -0.15) is 0 Å². The number of hydrogen-bond donors (Lipinski definition) is 0. The molecule has 0 saturated carbocycles. The van der Waals surface area contributed by atoms with Gasteiger partial charge in [-0.25, -0.2) is 0 Å². The fourth-order valence-electron chi connectivity index (χ4n) is 3.37. The van der Waals surface area contributed by atoms with Crippen LogP contribution in [0, 0.1) is 20.2 Å². The molecule has 0 aromatic heterocycles. The van der Waals surface area contributed by atoms with Gasteiger partial charge < -0.3 is 9.80 Å². The number of anilines is 2. The van der Waals surface area contributed by atoms with Crippen molar-refractivity contribution in [2.75, 3.05) is 36.0 Å². The van der Waals surface area contributed by atoms with E-state index in [0.29, 0.717) is 26.2 Å². The molecule has 0 saturated heterocycles. The van der Waals surface area contributed by atoms with Crippen molar-refractivity contribution in [2.45, 2.75) is 27.7 Å². The van der Waals surface area contributed by atoms with Gasteiger partial charge in [0, 0.05) is 49.7 Å². The van der Waals surface area contributed by atoms with Gasteiger partial charge in [0.25, 0.3) is 11.4 Å². The summed E-state index contributed by atoms with van der Waals surface area (Å²) >= 11 is 0. The molecule has 0 aliphatic rings. The Kier molecular flexibility index (Phi) is 6.92. The van der Waals surface area contributed by atoms with Gasteiger partial charge in [-0.05, 0) is 52.0 Å². The van der Waals surface area contributed by atoms with Crippen molar-refractivity contribution in [2.24, 2.45) is 0 Å². The first-order chi connectivity index (χ1) is 13.4. The van der Waals surface area contributed by atoms with Gasteiger partial charge >= 0.3 is 0 Å². The Bertz CT molecular complexity index is 790. The molecule has 0 aliphatic heterocycles. The predicted octanol–water partition coefficient (Wildman–Crippen LogP) is 4.86. The summed E-state index contributed by atoms with van der Waals surface area (Å²) in [6, 6.07) is 9.74. The quantitative estimate of drug-likeness (QED) is 0.451. The number of nitro groups is 2. The smallest absolute Gasteiger partial charge is 0.279 e.